The lowest BCUT2D eigenvalue weighted by Gasteiger charge is -2.36. The number of amides is 3. The SMILES string of the molecule is CN(C[C@@H]1CN(c2ccc(N3CCN(C(=O)n4ccnc4)CC3)c(F)c2)C(=O)O1)C(=O)S. The van der Waals surface area contributed by atoms with Crippen LogP contribution in [0.25, 0.3) is 0 Å². The van der Waals surface area contributed by atoms with Gasteiger partial charge in [0.2, 0.25) is 0 Å². The Morgan fingerprint density at radius 1 is 1.28 bits per heavy atom. The average molecular weight is 463 g/mol. The third kappa shape index (κ3) is 4.49. The molecule has 0 radical (unpaired) electrons. The molecule has 0 spiro atoms. The molecule has 10 nitrogen and oxygen atoms in total. The molecule has 2 aromatic rings. The smallest absolute Gasteiger partial charge is 0.414 e. The predicted octanol–water partition coefficient (Wildman–Crippen LogP) is 2.12. The van der Waals surface area contributed by atoms with E-state index in [1.165, 1.54) is 26.8 Å². The highest BCUT2D eigenvalue weighted by Gasteiger charge is 2.34. The van der Waals surface area contributed by atoms with Crippen molar-refractivity contribution >= 4 is 41.4 Å². The molecule has 2 aliphatic rings. The zero-order chi connectivity index (χ0) is 22.8. The normalized spacial score (nSPS) is 18.7. The van der Waals surface area contributed by atoms with Crippen molar-refractivity contribution in [2.24, 2.45) is 0 Å². The number of piperazine rings is 1. The van der Waals surface area contributed by atoms with Crippen molar-refractivity contribution in [3.63, 3.8) is 0 Å². The van der Waals surface area contributed by atoms with E-state index in [2.05, 4.69) is 17.6 Å². The van der Waals surface area contributed by atoms with E-state index in [-0.39, 0.29) is 19.1 Å². The average Bonchev–Trinajstić information content (AvgIpc) is 3.43. The molecule has 2 fully saturated rings. The van der Waals surface area contributed by atoms with Crippen LogP contribution in [0.1, 0.15) is 0 Å². The Morgan fingerprint density at radius 2 is 2.03 bits per heavy atom. The van der Waals surface area contributed by atoms with Gasteiger partial charge in [-0.1, -0.05) is 12.6 Å². The molecular weight excluding hydrogens is 439 g/mol. The fourth-order valence-electron chi connectivity index (χ4n) is 3.81. The number of halogens is 1. The van der Waals surface area contributed by atoms with Crippen LogP contribution < -0.4 is 9.80 Å². The van der Waals surface area contributed by atoms with E-state index in [4.69, 9.17) is 4.74 Å². The number of likely N-dealkylation sites (N-methyl/N-ethyl adjacent to an activating group) is 1. The number of ether oxygens (including phenoxy) is 1. The lowest BCUT2D eigenvalue weighted by Crippen LogP contribution is -2.50. The molecule has 3 heterocycles. The maximum absolute atomic E-state index is 14.9. The molecule has 0 aliphatic carbocycles. The highest BCUT2D eigenvalue weighted by atomic mass is 32.1. The van der Waals surface area contributed by atoms with Crippen molar-refractivity contribution < 1.29 is 23.5 Å². The Hall–Kier alpha value is -3.28. The molecule has 0 saturated carbocycles. The number of hydrogen-bond acceptors (Lipinski definition) is 6. The number of carbonyl (C=O) groups is 3. The number of thiol groups is 1. The maximum atomic E-state index is 14.9. The summed E-state index contributed by atoms with van der Waals surface area (Å²) < 4.78 is 21.6. The molecule has 1 atom stereocenters. The number of nitrogens with zero attached hydrogens (tertiary/aromatic N) is 6. The zero-order valence-electron chi connectivity index (χ0n) is 17.4. The predicted molar refractivity (Wildman–Crippen MR) is 118 cm³/mol. The minimum atomic E-state index is -0.589. The molecule has 0 N–H and O–H groups in total. The first-order valence-corrected chi connectivity index (χ1v) is 10.5. The Bertz CT molecular complexity index is 1010. The van der Waals surface area contributed by atoms with E-state index in [1.807, 2.05) is 4.90 Å². The summed E-state index contributed by atoms with van der Waals surface area (Å²) in [6, 6.07) is 4.43. The summed E-state index contributed by atoms with van der Waals surface area (Å²) in [5, 5.41) is -0.429. The Balaban J connectivity index is 1.38. The number of cyclic esters (lactones) is 1. The zero-order valence-corrected chi connectivity index (χ0v) is 18.3. The molecule has 1 aromatic heterocycles. The van der Waals surface area contributed by atoms with Crippen molar-refractivity contribution in [1.82, 2.24) is 19.4 Å². The van der Waals surface area contributed by atoms with Gasteiger partial charge >= 0.3 is 12.1 Å². The molecule has 12 heteroatoms. The van der Waals surface area contributed by atoms with Crippen molar-refractivity contribution in [2.75, 3.05) is 56.1 Å². The largest absolute Gasteiger partial charge is 0.442 e. The summed E-state index contributed by atoms with van der Waals surface area (Å²) in [6.45, 7) is 2.28. The molecule has 2 saturated heterocycles. The van der Waals surface area contributed by atoms with Gasteiger partial charge in [0.25, 0.3) is 5.24 Å². The van der Waals surface area contributed by atoms with Crippen molar-refractivity contribution in [2.45, 2.75) is 6.10 Å². The summed E-state index contributed by atoms with van der Waals surface area (Å²) >= 11 is 3.74. The fraction of sp³-hybridized carbons (Fsp3) is 0.400. The van der Waals surface area contributed by atoms with E-state index < -0.39 is 23.3 Å². The van der Waals surface area contributed by atoms with Gasteiger partial charge in [-0.15, -0.1) is 0 Å². The summed E-state index contributed by atoms with van der Waals surface area (Å²) in [4.78, 5) is 46.0. The Kier molecular flexibility index (Phi) is 6.21. The number of carbonyl (C=O) groups excluding carboxylic acids is 3. The minimum Gasteiger partial charge on any atom is -0.442 e. The second kappa shape index (κ2) is 9.07. The van der Waals surface area contributed by atoms with Crippen LogP contribution >= 0.6 is 12.6 Å². The van der Waals surface area contributed by atoms with Gasteiger partial charge in [-0.3, -0.25) is 14.3 Å². The van der Waals surface area contributed by atoms with Crippen LogP contribution in [0.2, 0.25) is 0 Å². The molecule has 2 aliphatic heterocycles. The number of imidazole rings is 1. The number of hydrogen-bond donors (Lipinski definition) is 1. The molecule has 0 bridgehead atoms. The maximum Gasteiger partial charge on any atom is 0.414 e. The Morgan fingerprint density at radius 3 is 2.66 bits per heavy atom. The summed E-state index contributed by atoms with van der Waals surface area (Å²) in [5.41, 5.74) is 0.792. The van der Waals surface area contributed by atoms with Crippen molar-refractivity contribution in [3.8, 4) is 0 Å². The monoisotopic (exact) mass is 462 g/mol. The first kappa shape index (κ1) is 21.9. The van der Waals surface area contributed by atoms with Gasteiger partial charge in [0.05, 0.1) is 24.5 Å². The second-order valence-electron chi connectivity index (χ2n) is 7.64. The summed E-state index contributed by atoms with van der Waals surface area (Å²) in [5.74, 6) is -0.462. The number of anilines is 2. The fourth-order valence-corrected chi connectivity index (χ4v) is 3.89. The van der Waals surface area contributed by atoms with Gasteiger partial charge in [-0.25, -0.2) is 19.0 Å². The quantitative estimate of drug-likeness (QED) is 0.700. The van der Waals surface area contributed by atoms with Gasteiger partial charge in [-0.2, -0.15) is 0 Å². The molecule has 3 amide bonds. The summed E-state index contributed by atoms with van der Waals surface area (Å²) in [7, 11) is 1.56. The van der Waals surface area contributed by atoms with Crippen LogP contribution in [-0.2, 0) is 4.74 Å². The molecule has 32 heavy (non-hydrogen) atoms. The van der Waals surface area contributed by atoms with E-state index in [0.29, 0.717) is 37.6 Å². The molecular formula is C20H23FN6O4S. The topological polar surface area (TPSA) is 91.2 Å². The summed E-state index contributed by atoms with van der Waals surface area (Å²) in [6.07, 6.45) is 3.48. The van der Waals surface area contributed by atoms with Gasteiger partial charge < -0.3 is 19.4 Å². The minimum absolute atomic E-state index is 0.162. The highest BCUT2D eigenvalue weighted by molar-refractivity contribution is 7.96. The highest BCUT2D eigenvalue weighted by Crippen LogP contribution is 2.29. The third-order valence-electron chi connectivity index (χ3n) is 5.54. The first-order valence-electron chi connectivity index (χ1n) is 10.1. The van der Waals surface area contributed by atoms with E-state index in [9.17, 15) is 18.8 Å². The Labute approximate surface area is 189 Å². The van der Waals surface area contributed by atoms with Crippen LogP contribution in [0.5, 0.6) is 0 Å². The van der Waals surface area contributed by atoms with Gasteiger partial charge in [0, 0.05) is 45.6 Å². The molecule has 170 valence electrons. The van der Waals surface area contributed by atoms with Crippen LogP contribution in [-0.4, -0.2) is 89.1 Å². The molecule has 4 rings (SSSR count). The van der Waals surface area contributed by atoms with E-state index in [0.717, 1.165) is 0 Å². The lowest BCUT2D eigenvalue weighted by atomic mass is 10.2. The van der Waals surface area contributed by atoms with Crippen LogP contribution in [0.4, 0.5) is 30.1 Å². The number of rotatable bonds is 4. The van der Waals surface area contributed by atoms with E-state index >= 15 is 0 Å². The molecule has 1 aromatic carbocycles. The van der Waals surface area contributed by atoms with Crippen LogP contribution in [0, 0.1) is 5.82 Å². The van der Waals surface area contributed by atoms with Crippen LogP contribution in [0.3, 0.4) is 0 Å². The van der Waals surface area contributed by atoms with Crippen molar-refractivity contribution in [3.05, 3.63) is 42.7 Å². The van der Waals surface area contributed by atoms with Gasteiger partial charge in [0.15, 0.2) is 0 Å². The lowest BCUT2D eigenvalue weighted by molar-refractivity contribution is 0.124. The first-order chi connectivity index (χ1) is 15.3. The van der Waals surface area contributed by atoms with Gasteiger partial charge in [0.1, 0.15) is 18.2 Å². The standard InChI is InChI=1S/C20H23FN6O4S/c1-23(20(30)32)11-15-12-27(19(29)31-15)14-2-3-17(16(21)10-14)24-6-8-25(9-7-24)18(28)26-5-4-22-13-26/h2-5,10,13,15H,6-9,11-12H2,1H3,(H,30,32)/t15-/m1/s1. The second-order valence-corrected chi connectivity index (χ2v) is 8.02. The van der Waals surface area contributed by atoms with Crippen molar-refractivity contribution in [1.29, 1.82) is 0 Å². The molecule has 0 unspecified atom stereocenters. The van der Waals surface area contributed by atoms with Gasteiger partial charge in [-0.05, 0) is 18.2 Å². The van der Waals surface area contributed by atoms with Crippen LogP contribution in [0.15, 0.2) is 36.9 Å². The third-order valence-corrected chi connectivity index (χ3v) is 5.88. The number of benzene rings is 1. The number of aromatic nitrogens is 2. The van der Waals surface area contributed by atoms with E-state index in [1.54, 1.807) is 36.5 Å².